The molecule has 0 aliphatic heterocycles. The molecule has 6 aromatic carbocycles. The third kappa shape index (κ3) is 3.98. The van der Waals surface area contributed by atoms with Gasteiger partial charge in [-0.25, -0.2) is 4.98 Å². The van der Waals surface area contributed by atoms with Gasteiger partial charge in [-0.2, -0.15) is 5.26 Å². The summed E-state index contributed by atoms with van der Waals surface area (Å²) in [5.74, 6) is 0. The predicted octanol–water partition coefficient (Wildman–Crippen LogP) is 9.96. The van der Waals surface area contributed by atoms with E-state index in [1.54, 1.807) is 0 Å². The molecule has 8 rings (SSSR count). The molecule has 0 unspecified atom stereocenters. The molecule has 3 heteroatoms. The first-order valence-electron chi connectivity index (χ1n) is 14.0. The Kier molecular flexibility index (Phi) is 5.52. The molecule has 0 saturated carbocycles. The van der Waals surface area contributed by atoms with E-state index in [0.29, 0.717) is 5.56 Å². The van der Waals surface area contributed by atoms with Crippen molar-refractivity contribution in [2.75, 3.05) is 0 Å². The van der Waals surface area contributed by atoms with Crippen molar-refractivity contribution in [2.45, 2.75) is 0 Å². The maximum atomic E-state index is 9.23. The number of hydrogen-bond donors (Lipinski definition) is 0. The van der Waals surface area contributed by atoms with Gasteiger partial charge in [-0.05, 0) is 80.2 Å². The second kappa shape index (κ2) is 9.66. The number of pyridine rings is 2. The number of fused-ring (bicyclic) bond motifs is 5. The van der Waals surface area contributed by atoms with E-state index in [1.807, 2.05) is 36.5 Å². The summed E-state index contributed by atoms with van der Waals surface area (Å²) in [7, 11) is 0. The summed E-state index contributed by atoms with van der Waals surface area (Å²) in [6.07, 6.45) is 1.83. The number of nitriles is 1. The van der Waals surface area contributed by atoms with Crippen LogP contribution in [0.2, 0.25) is 0 Å². The van der Waals surface area contributed by atoms with Crippen molar-refractivity contribution >= 4 is 43.4 Å². The number of nitrogens with zero attached hydrogens (tertiary/aromatic N) is 3. The van der Waals surface area contributed by atoms with Crippen molar-refractivity contribution in [2.24, 2.45) is 0 Å². The molecule has 2 aromatic heterocycles. The Morgan fingerprint density at radius 2 is 1.05 bits per heavy atom. The Morgan fingerprint density at radius 1 is 0.476 bits per heavy atom. The van der Waals surface area contributed by atoms with Crippen LogP contribution in [-0.4, -0.2) is 9.97 Å². The summed E-state index contributed by atoms with van der Waals surface area (Å²) in [6, 6.07) is 48.7. The van der Waals surface area contributed by atoms with Crippen molar-refractivity contribution in [1.29, 1.82) is 5.26 Å². The molecular formula is C39H23N3. The second-order valence-electron chi connectivity index (χ2n) is 10.6. The van der Waals surface area contributed by atoms with Gasteiger partial charge in [-0.15, -0.1) is 0 Å². The van der Waals surface area contributed by atoms with Crippen LogP contribution in [0.25, 0.3) is 76.9 Å². The fourth-order valence-electron chi connectivity index (χ4n) is 5.98. The van der Waals surface area contributed by atoms with Crippen molar-refractivity contribution < 1.29 is 0 Å². The van der Waals surface area contributed by atoms with Gasteiger partial charge in [0.05, 0.1) is 28.4 Å². The highest BCUT2D eigenvalue weighted by molar-refractivity contribution is 6.05. The molecular weight excluding hydrogens is 510 g/mol. The SMILES string of the molecule is N#Cc1ccc(-c2cccc3ccc(-c4ccc5cccc(-c6ccc7ccc8cccnc8c7n6)c5c4)cc23)cc1. The van der Waals surface area contributed by atoms with Gasteiger partial charge in [-0.3, -0.25) is 4.98 Å². The van der Waals surface area contributed by atoms with Gasteiger partial charge >= 0.3 is 0 Å². The van der Waals surface area contributed by atoms with Crippen molar-refractivity contribution in [3.8, 4) is 39.6 Å². The monoisotopic (exact) mass is 533 g/mol. The number of hydrogen-bond acceptors (Lipinski definition) is 3. The van der Waals surface area contributed by atoms with E-state index >= 15 is 0 Å². The zero-order valence-electron chi connectivity index (χ0n) is 22.6. The molecule has 42 heavy (non-hydrogen) atoms. The maximum Gasteiger partial charge on any atom is 0.0991 e. The smallest absolute Gasteiger partial charge is 0.0991 e. The molecule has 0 radical (unpaired) electrons. The van der Waals surface area contributed by atoms with E-state index in [2.05, 4.69) is 114 Å². The minimum atomic E-state index is 0.664. The minimum absolute atomic E-state index is 0.664. The molecule has 0 N–H and O–H groups in total. The van der Waals surface area contributed by atoms with Crippen LogP contribution in [0.15, 0.2) is 140 Å². The van der Waals surface area contributed by atoms with Gasteiger partial charge in [0, 0.05) is 22.5 Å². The van der Waals surface area contributed by atoms with Crippen LogP contribution in [0.5, 0.6) is 0 Å². The summed E-state index contributed by atoms with van der Waals surface area (Å²) < 4.78 is 0. The topological polar surface area (TPSA) is 49.6 Å². The largest absolute Gasteiger partial charge is 0.254 e. The lowest BCUT2D eigenvalue weighted by molar-refractivity contribution is 1.37. The lowest BCUT2D eigenvalue weighted by Gasteiger charge is -2.12. The van der Waals surface area contributed by atoms with Gasteiger partial charge < -0.3 is 0 Å². The molecule has 0 spiro atoms. The quantitative estimate of drug-likeness (QED) is 0.212. The maximum absolute atomic E-state index is 9.23. The summed E-state index contributed by atoms with van der Waals surface area (Å²) in [5.41, 5.74) is 9.10. The molecule has 194 valence electrons. The number of rotatable bonds is 3. The molecule has 3 nitrogen and oxygen atoms in total. The van der Waals surface area contributed by atoms with Gasteiger partial charge in [0.25, 0.3) is 0 Å². The minimum Gasteiger partial charge on any atom is -0.254 e. The van der Waals surface area contributed by atoms with E-state index < -0.39 is 0 Å². The Morgan fingerprint density at radius 3 is 1.76 bits per heavy atom. The average Bonchev–Trinajstić information content (AvgIpc) is 3.07. The summed E-state index contributed by atoms with van der Waals surface area (Å²) >= 11 is 0. The van der Waals surface area contributed by atoms with Gasteiger partial charge in [0.1, 0.15) is 0 Å². The fraction of sp³-hybridized carbons (Fsp3) is 0. The van der Waals surface area contributed by atoms with Crippen LogP contribution in [-0.2, 0) is 0 Å². The highest BCUT2D eigenvalue weighted by atomic mass is 14.8. The van der Waals surface area contributed by atoms with Crippen LogP contribution in [0.4, 0.5) is 0 Å². The standard InChI is InChI=1S/C39H23N3/c40-24-25-9-11-28(12-10-25)33-7-1-4-26-13-17-31(22-35(26)33)32-18-14-27-5-2-8-34(36(27)23-32)37-20-19-30-16-15-29-6-3-21-41-38(29)39(30)42-37/h1-23H. The normalized spacial score (nSPS) is 11.3. The van der Waals surface area contributed by atoms with Crippen LogP contribution in [0.1, 0.15) is 5.56 Å². The predicted molar refractivity (Wildman–Crippen MR) is 173 cm³/mol. The summed E-state index contributed by atoms with van der Waals surface area (Å²) in [6.45, 7) is 0. The van der Waals surface area contributed by atoms with E-state index in [9.17, 15) is 5.26 Å². The molecule has 2 heterocycles. The molecule has 0 saturated heterocycles. The van der Waals surface area contributed by atoms with E-state index in [1.165, 1.54) is 16.2 Å². The second-order valence-corrected chi connectivity index (χ2v) is 10.6. The zero-order chi connectivity index (χ0) is 28.0. The highest BCUT2D eigenvalue weighted by Crippen LogP contribution is 2.36. The third-order valence-corrected chi connectivity index (χ3v) is 8.13. The number of aromatic nitrogens is 2. The third-order valence-electron chi connectivity index (χ3n) is 8.13. The van der Waals surface area contributed by atoms with E-state index in [4.69, 9.17) is 4.98 Å². The Bertz CT molecular complexity index is 2360. The van der Waals surface area contributed by atoms with E-state index in [-0.39, 0.29) is 0 Å². The Hall–Kier alpha value is -5.85. The molecule has 0 bridgehead atoms. The first-order valence-corrected chi connectivity index (χ1v) is 14.0. The zero-order valence-corrected chi connectivity index (χ0v) is 22.6. The molecule has 8 aromatic rings. The van der Waals surface area contributed by atoms with Gasteiger partial charge in [0.2, 0.25) is 0 Å². The first-order chi connectivity index (χ1) is 20.7. The molecule has 0 atom stereocenters. The summed E-state index contributed by atoms with van der Waals surface area (Å²) in [5, 5.41) is 16.1. The van der Waals surface area contributed by atoms with Gasteiger partial charge in [0.15, 0.2) is 0 Å². The Balaban J connectivity index is 1.28. The van der Waals surface area contributed by atoms with Gasteiger partial charge in [-0.1, -0.05) is 97.1 Å². The molecule has 0 fully saturated rings. The van der Waals surface area contributed by atoms with Crippen molar-refractivity contribution in [3.05, 3.63) is 145 Å². The molecule has 0 aliphatic rings. The lowest BCUT2D eigenvalue weighted by Crippen LogP contribution is -1.90. The highest BCUT2D eigenvalue weighted by Gasteiger charge is 2.11. The van der Waals surface area contributed by atoms with Crippen molar-refractivity contribution in [1.82, 2.24) is 9.97 Å². The Labute approximate surface area is 243 Å². The van der Waals surface area contributed by atoms with Crippen molar-refractivity contribution in [3.63, 3.8) is 0 Å². The van der Waals surface area contributed by atoms with Crippen LogP contribution < -0.4 is 0 Å². The fourth-order valence-corrected chi connectivity index (χ4v) is 5.98. The average molecular weight is 534 g/mol. The lowest BCUT2D eigenvalue weighted by atomic mass is 9.93. The van der Waals surface area contributed by atoms with Crippen LogP contribution in [0, 0.1) is 11.3 Å². The summed E-state index contributed by atoms with van der Waals surface area (Å²) in [4.78, 5) is 9.79. The molecule has 0 aliphatic carbocycles. The van der Waals surface area contributed by atoms with E-state index in [0.717, 1.165) is 60.7 Å². The number of benzene rings is 6. The van der Waals surface area contributed by atoms with Crippen LogP contribution >= 0.6 is 0 Å². The first kappa shape index (κ1) is 24.0. The van der Waals surface area contributed by atoms with Crippen LogP contribution in [0.3, 0.4) is 0 Å². The molecule has 0 amide bonds.